The molecule has 1 fully saturated rings. The number of alkyl halides is 3. The van der Waals surface area contributed by atoms with Crippen molar-refractivity contribution in [1.29, 1.82) is 0 Å². The Hall–Kier alpha value is -4.77. The lowest BCUT2D eigenvalue weighted by Crippen LogP contribution is -2.45. The number of nitrogens with zero attached hydrogens (tertiary/aromatic N) is 4. The number of aliphatic carboxylic acids is 1. The number of halogens is 4. The van der Waals surface area contributed by atoms with Gasteiger partial charge in [0.05, 0.1) is 11.0 Å². The molecule has 1 aliphatic heterocycles. The van der Waals surface area contributed by atoms with Gasteiger partial charge in [0.25, 0.3) is 0 Å². The van der Waals surface area contributed by atoms with Crippen LogP contribution in [0.2, 0.25) is 0 Å². The Kier molecular flexibility index (Phi) is 8.48. The molecule has 0 radical (unpaired) electrons. The maximum atomic E-state index is 13.5. The lowest BCUT2D eigenvalue weighted by molar-refractivity contribution is -0.192. The van der Waals surface area contributed by atoms with Crippen LogP contribution in [0.25, 0.3) is 33.5 Å². The van der Waals surface area contributed by atoms with Crippen LogP contribution in [0, 0.1) is 5.82 Å². The standard InChI is InChI=1S/C29H26FN5.C2HF3O2/c30-25-8-9-27-28(19-25)33-29(32-27)23-6-4-22(5-7-23)24-3-1-2-21(18-24)20-34-14-16-35(17-15-34)26-10-12-31-13-11-26;3-2(4,5)1(6)7/h1-13,18-19H,14-17,20H2,(H,32,33);(H,6,7). The first-order chi connectivity index (χ1) is 20.2. The van der Waals surface area contributed by atoms with Crippen molar-refractivity contribution in [3.63, 3.8) is 0 Å². The molecule has 0 spiro atoms. The predicted octanol–water partition coefficient (Wildman–Crippen LogP) is 6.39. The van der Waals surface area contributed by atoms with Crippen LogP contribution in [-0.2, 0) is 11.3 Å². The first-order valence-corrected chi connectivity index (χ1v) is 13.2. The van der Waals surface area contributed by atoms with Crippen molar-refractivity contribution in [2.24, 2.45) is 0 Å². The van der Waals surface area contributed by atoms with Crippen molar-refractivity contribution in [3.8, 4) is 22.5 Å². The first kappa shape index (κ1) is 28.7. The summed E-state index contributed by atoms with van der Waals surface area (Å²) in [5, 5.41) is 7.12. The number of carbonyl (C=O) groups is 1. The van der Waals surface area contributed by atoms with Crippen LogP contribution in [0.5, 0.6) is 0 Å². The highest BCUT2D eigenvalue weighted by Crippen LogP contribution is 2.26. The van der Waals surface area contributed by atoms with E-state index in [1.54, 1.807) is 6.07 Å². The largest absolute Gasteiger partial charge is 0.490 e. The van der Waals surface area contributed by atoms with Gasteiger partial charge in [-0.2, -0.15) is 13.2 Å². The van der Waals surface area contributed by atoms with Gasteiger partial charge in [0, 0.05) is 56.4 Å². The van der Waals surface area contributed by atoms with Gasteiger partial charge in [-0.1, -0.05) is 42.5 Å². The first-order valence-electron chi connectivity index (χ1n) is 13.2. The van der Waals surface area contributed by atoms with E-state index in [2.05, 4.69) is 85.4 Å². The zero-order valence-corrected chi connectivity index (χ0v) is 22.4. The smallest absolute Gasteiger partial charge is 0.475 e. The summed E-state index contributed by atoms with van der Waals surface area (Å²) in [6.07, 6.45) is -1.37. The van der Waals surface area contributed by atoms with Gasteiger partial charge in [0.15, 0.2) is 0 Å². The molecule has 7 nitrogen and oxygen atoms in total. The Morgan fingerprint density at radius 2 is 1.52 bits per heavy atom. The van der Waals surface area contributed by atoms with E-state index in [1.165, 1.54) is 34.5 Å². The van der Waals surface area contributed by atoms with E-state index in [0.29, 0.717) is 5.52 Å². The number of pyridine rings is 1. The minimum absolute atomic E-state index is 0.265. The normalized spacial score (nSPS) is 14.0. The summed E-state index contributed by atoms with van der Waals surface area (Å²) in [5.41, 5.74) is 7.39. The molecule has 0 bridgehead atoms. The number of benzene rings is 3. The average molecular weight is 578 g/mol. The molecule has 0 amide bonds. The van der Waals surface area contributed by atoms with E-state index < -0.39 is 12.1 Å². The number of imidazole rings is 1. The molecule has 3 heterocycles. The van der Waals surface area contributed by atoms with Gasteiger partial charge in [-0.25, -0.2) is 14.2 Å². The van der Waals surface area contributed by atoms with Crippen molar-refractivity contribution in [1.82, 2.24) is 19.9 Å². The number of piperazine rings is 1. The van der Waals surface area contributed by atoms with E-state index in [4.69, 9.17) is 9.90 Å². The van der Waals surface area contributed by atoms with Crippen LogP contribution in [0.3, 0.4) is 0 Å². The summed E-state index contributed by atoms with van der Waals surface area (Å²) in [5.74, 6) is -2.28. The maximum absolute atomic E-state index is 13.5. The fraction of sp³-hybridized carbons (Fsp3) is 0.194. The van der Waals surface area contributed by atoms with Gasteiger partial charge in [-0.15, -0.1) is 0 Å². The fourth-order valence-electron chi connectivity index (χ4n) is 4.77. The molecule has 3 aromatic carbocycles. The minimum Gasteiger partial charge on any atom is -0.475 e. The molecule has 1 aliphatic rings. The quantitative estimate of drug-likeness (QED) is 0.236. The van der Waals surface area contributed by atoms with Crippen molar-refractivity contribution in [3.05, 3.63) is 103 Å². The number of H-pyrrole nitrogens is 1. The van der Waals surface area contributed by atoms with Crippen molar-refractivity contribution in [2.45, 2.75) is 12.7 Å². The van der Waals surface area contributed by atoms with Crippen molar-refractivity contribution >= 4 is 22.7 Å². The molecular weight excluding hydrogens is 550 g/mol. The maximum Gasteiger partial charge on any atom is 0.490 e. The number of carboxylic acids is 1. The molecule has 2 N–H and O–H groups in total. The van der Waals surface area contributed by atoms with Gasteiger partial charge >= 0.3 is 12.1 Å². The Balaban J connectivity index is 0.000000451. The Morgan fingerprint density at radius 1 is 0.857 bits per heavy atom. The topological polar surface area (TPSA) is 85.4 Å². The third-order valence-electron chi connectivity index (χ3n) is 6.91. The number of aromatic amines is 1. The average Bonchev–Trinajstić information content (AvgIpc) is 3.41. The Morgan fingerprint density at radius 3 is 2.19 bits per heavy atom. The number of nitrogens with one attached hydrogen (secondary N) is 1. The van der Waals surface area contributed by atoms with Gasteiger partial charge in [0.2, 0.25) is 0 Å². The number of anilines is 1. The van der Waals surface area contributed by atoms with E-state index in [-0.39, 0.29) is 5.82 Å². The number of hydrogen-bond acceptors (Lipinski definition) is 5. The summed E-state index contributed by atoms with van der Waals surface area (Å²) in [4.78, 5) is 25.8. The predicted molar refractivity (Wildman–Crippen MR) is 152 cm³/mol. The molecule has 5 aromatic rings. The molecule has 0 unspecified atom stereocenters. The van der Waals surface area contributed by atoms with E-state index in [0.717, 1.165) is 49.6 Å². The second-order valence-corrected chi connectivity index (χ2v) is 9.80. The molecule has 2 aromatic heterocycles. The SMILES string of the molecule is Fc1ccc2nc(-c3ccc(-c4cccc(CN5CCN(c6ccncc6)CC5)c4)cc3)[nH]c2c1.O=C(O)C(F)(F)F. The summed E-state index contributed by atoms with van der Waals surface area (Å²) in [7, 11) is 0. The molecule has 6 rings (SSSR count). The number of fused-ring (bicyclic) bond motifs is 1. The van der Waals surface area contributed by atoms with Gasteiger partial charge in [-0.3, -0.25) is 9.88 Å². The summed E-state index contributed by atoms with van der Waals surface area (Å²) >= 11 is 0. The second kappa shape index (κ2) is 12.4. The summed E-state index contributed by atoms with van der Waals surface area (Å²) in [6, 6.07) is 25.9. The zero-order chi connectivity index (χ0) is 29.7. The second-order valence-electron chi connectivity index (χ2n) is 9.80. The van der Waals surface area contributed by atoms with Crippen molar-refractivity contribution in [2.75, 3.05) is 31.1 Å². The van der Waals surface area contributed by atoms with Crippen LogP contribution in [-0.4, -0.2) is 63.3 Å². The zero-order valence-electron chi connectivity index (χ0n) is 22.4. The minimum atomic E-state index is -5.08. The molecular formula is C31H27F4N5O2. The molecule has 0 saturated carbocycles. The van der Waals surface area contributed by atoms with Crippen LogP contribution >= 0.6 is 0 Å². The molecule has 0 atom stereocenters. The van der Waals surface area contributed by atoms with Crippen LogP contribution < -0.4 is 4.90 Å². The van der Waals surface area contributed by atoms with E-state index >= 15 is 0 Å². The third kappa shape index (κ3) is 7.10. The van der Waals surface area contributed by atoms with Gasteiger partial charge in [0.1, 0.15) is 11.6 Å². The van der Waals surface area contributed by atoms with Crippen LogP contribution in [0.1, 0.15) is 5.56 Å². The summed E-state index contributed by atoms with van der Waals surface area (Å²) < 4.78 is 45.2. The van der Waals surface area contributed by atoms with Gasteiger partial charge < -0.3 is 15.0 Å². The number of rotatable bonds is 5. The molecule has 42 heavy (non-hydrogen) atoms. The molecule has 1 saturated heterocycles. The van der Waals surface area contributed by atoms with E-state index in [9.17, 15) is 17.6 Å². The third-order valence-corrected chi connectivity index (χ3v) is 6.91. The lowest BCUT2D eigenvalue weighted by Gasteiger charge is -2.36. The highest BCUT2D eigenvalue weighted by Gasteiger charge is 2.38. The Bertz CT molecular complexity index is 1650. The monoisotopic (exact) mass is 577 g/mol. The Labute approximate surface area is 239 Å². The highest BCUT2D eigenvalue weighted by atomic mass is 19.4. The molecule has 216 valence electrons. The van der Waals surface area contributed by atoms with Crippen molar-refractivity contribution < 1.29 is 27.5 Å². The van der Waals surface area contributed by atoms with E-state index in [1.807, 2.05) is 12.4 Å². The number of carboxylic acid groups (broad SMARTS) is 1. The van der Waals surface area contributed by atoms with Crippen LogP contribution in [0.4, 0.5) is 23.2 Å². The van der Waals surface area contributed by atoms with Gasteiger partial charge in [-0.05, 0) is 53.1 Å². The molecule has 0 aliphatic carbocycles. The molecule has 11 heteroatoms. The number of aromatic nitrogens is 3. The fourth-order valence-corrected chi connectivity index (χ4v) is 4.77. The summed E-state index contributed by atoms with van der Waals surface area (Å²) in [6.45, 7) is 5.09. The van der Waals surface area contributed by atoms with Crippen LogP contribution in [0.15, 0.2) is 91.3 Å². The lowest BCUT2D eigenvalue weighted by atomic mass is 10.0. The number of hydrogen-bond donors (Lipinski definition) is 2. The highest BCUT2D eigenvalue weighted by molar-refractivity contribution is 5.80.